The van der Waals surface area contributed by atoms with Gasteiger partial charge in [0.25, 0.3) is 5.24 Å². The molecule has 70 valence electrons. The van der Waals surface area contributed by atoms with Crippen molar-refractivity contribution >= 4 is 28.2 Å². The fraction of sp³-hybridized carbons (Fsp3) is 0.222. The smallest absolute Gasteiger partial charge is 0.254 e. The average molecular weight is 199 g/mol. The molecule has 0 unspecified atom stereocenters. The molecule has 0 amide bonds. The lowest BCUT2D eigenvalue weighted by molar-refractivity contribution is 0.108. The highest BCUT2D eigenvalue weighted by atomic mass is 35.5. The molecule has 0 atom stereocenters. The minimum absolute atomic E-state index is 0.452. The van der Waals surface area contributed by atoms with Crippen LogP contribution in [0, 0.1) is 0 Å². The number of halogens is 1. The summed E-state index contributed by atoms with van der Waals surface area (Å²) in [6.07, 6.45) is 0. The molecule has 3 nitrogen and oxygen atoms in total. The Bertz CT molecular complexity index is 325. The van der Waals surface area contributed by atoms with Crippen LogP contribution in [0.4, 0.5) is 11.4 Å². The van der Waals surface area contributed by atoms with Crippen molar-refractivity contribution in [2.45, 2.75) is 0 Å². The summed E-state index contributed by atoms with van der Waals surface area (Å²) >= 11 is 5.38. The molecule has 1 aromatic carbocycles. The molecular formula is C9H11ClN2O. The van der Waals surface area contributed by atoms with Crippen LogP contribution in [-0.4, -0.2) is 19.3 Å². The van der Waals surface area contributed by atoms with E-state index in [9.17, 15) is 4.79 Å². The number of anilines is 2. The van der Waals surface area contributed by atoms with Gasteiger partial charge in [0.2, 0.25) is 0 Å². The molecule has 1 rings (SSSR count). The van der Waals surface area contributed by atoms with Gasteiger partial charge in [0.1, 0.15) is 0 Å². The van der Waals surface area contributed by atoms with Crippen molar-refractivity contribution in [2.24, 2.45) is 0 Å². The first-order valence-corrected chi connectivity index (χ1v) is 4.26. The fourth-order valence-electron chi connectivity index (χ4n) is 1.08. The van der Waals surface area contributed by atoms with Gasteiger partial charge in [-0.05, 0) is 29.8 Å². The quantitative estimate of drug-likeness (QED) is 0.732. The van der Waals surface area contributed by atoms with E-state index >= 15 is 0 Å². The number of benzene rings is 1. The standard InChI is InChI=1S/C9H11ClN2O/c1-11-6-3-4-7(9(10)13)8(5-6)12-2/h3-5,11-12H,1-2H3. The Hall–Kier alpha value is -1.22. The van der Waals surface area contributed by atoms with Gasteiger partial charge in [-0.15, -0.1) is 0 Å². The van der Waals surface area contributed by atoms with E-state index in [4.69, 9.17) is 11.6 Å². The van der Waals surface area contributed by atoms with E-state index in [2.05, 4.69) is 10.6 Å². The molecule has 0 bridgehead atoms. The summed E-state index contributed by atoms with van der Waals surface area (Å²) in [5, 5.41) is 5.43. The van der Waals surface area contributed by atoms with E-state index in [0.29, 0.717) is 5.56 Å². The van der Waals surface area contributed by atoms with Gasteiger partial charge in [-0.3, -0.25) is 4.79 Å². The number of nitrogens with one attached hydrogen (secondary N) is 2. The molecule has 13 heavy (non-hydrogen) atoms. The van der Waals surface area contributed by atoms with Gasteiger partial charge in [-0.2, -0.15) is 0 Å². The van der Waals surface area contributed by atoms with Gasteiger partial charge in [0, 0.05) is 25.5 Å². The van der Waals surface area contributed by atoms with Crippen LogP contribution in [0.2, 0.25) is 0 Å². The van der Waals surface area contributed by atoms with Crippen LogP contribution in [0.1, 0.15) is 10.4 Å². The largest absolute Gasteiger partial charge is 0.388 e. The normalized spacial score (nSPS) is 9.46. The molecular weight excluding hydrogens is 188 g/mol. The average Bonchev–Trinajstić information content (AvgIpc) is 2.16. The van der Waals surface area contributed by atoms with Crippen LogP contribution in [0.3, 0.4) is 0 Å². The molecule has 0 heterocycles. The molecule has 4 heteroatoms. The minimum atomic E-state index is -0.452. The van der Waals surface area contributed by atoms with E-state index in [0.717, 1.165) is 11.4 Å². The summed E-state index contributed by atoms with van der Waals surface area (Å²) in [7, 11) is 3.56. The molecule has 0 aromatic heterocycles. The molecule has 0 aliphatic rings. The van der Waals surface area contributed by atoms with Crippen molar-refractivity contribution in [1.82, 2.24) is 0 Å². The number of hydrogen-bond acceptors (Lipinski definition) is 3. The Labute approximate surface area is 82.1 Å². The summed E-state index contributed by atoms with van der Waals surface area (Å²) in [6, 6.07) is 5.32. The molecule has 2 N–H and O–H groups in total. The van der Waals surface area contributed by atoms with Crippen molar-refractivity contribution in [1.29, 1.82) is 0 Å². The molecule has 0 radical (unpaired) electrons. The summed E-state index contributed by atoms with van der Waals surface area (Å²) in [5.41, 5.74) is 2.15. The van der Waals surface area contributed by atoms with E-state index in [-0.39, 0.29) is 0 Å². The Balaban J connectivity index is 3.15. The van der Waals surface area contributed by atoms with Crippen LogP contribution in [0.5, 0.6) is 0 Å². The van der Waals surface area contributed by atoms with Crippen molar-refractivity contribution in [3.05, 3.63) is 23.8 Å². The maximum Gasteiger partial charge on any atom is 0.254 e. The molecule has 0 aliphatic heterocycles. The maximum absolute atomic E-state index is 10.9. The summed E-state index contributed by atoms with van der Waals surface area (Å²) < 4.78 is 0. The summed E-state index contributed by atoms with van der Waals surface area (Å²) in [6.45, 7) is 0. The highest BCUT2D eigenvalue weighted by Gasteiger charge is 2.07. The Morgan fingerprint density at radius 1 is 1.31 bits per heavy atom. The van der Waals surface area contributed by atoms with Gasteiger partial charge in [-0.25, -0.2) is 0 Å². The van der Waals surface area contributed by atoms with E-state index in [1.54, 1.807) is 19.2 Å². The summed E-state index contributed by atoms with van der Waals surface area (Å²) in [4.78, 5) is 10.9. The maximum atomic E-state index is 10.9. The van der Waals surface area contributed by atoms with Crippen LogP contribution >= 0.6 is 11.6 Å². The fourth-order valence-corrected chi connectivity index (χ4v) is 1.24. The third-order valence-electron chi connectivity index (χ3n) is 1.79. The van der Waals surface area contributed by atoms with Crippen LogP contribution in [0.25, 0.3) is 0 Å². The highest BCUT2D eigenvalue weighted by molar-refractivity contribution is 6.68. The molecule has 0 saturated heterocycles. The molecule has 0 spiro atoms. The van der Waals surface area contributed by atoms with Gasteiger partial charge in [0.15, 0.2) is 0 Å². The number of hydrogen-bond donors (Lipinski definition) is 2. The minimum Gasteiger partial charge on any atom is -0.388 e. The Morgan fingerprint density at radius 2 is 2.00 bits per heavy atom. The molecule has 1 aromatic rings. The molecule has 0 fully saturated rings. The van der Waals surface area contributed by atoms with Crippen molar-refractivity contribution < 1.29 is 4.79 Å². The Kier molecular flexibility index (Phi) is 3.14. The lowest BCUT2D eigenvalue weighted by atomic mass is 10.1. The SMILES string of the molecule is CNc1ccc(C(=O)Cl)c(NC)c1. The third-order valence-corrected chi connectivity index (χ3v) is 1.99. The van der Waals surface area contributed by atoms with Crippen molar-refractivity contribution in [3.8, 4) is 0 Å². The lowest BCUT2D eigenvalue weighted by Crippen LogP contribution is -1.99. The zero-order chi connectivity index (χ0) is 9.84. The zero-order valence-corrected chi connectivity index (χ0v) is 8.27. The number of rotatable bonds is 3. The van der Waals surface area contributed by atoms with E-state index < -0.39 is 5.24 Å². The zero-order valence-electron chi connectivity index (χ0n) is 7.52. The van der Waals surface area contributed by atoms with Crippen LogP contribution < -0.4 is 10.6 Å². The second kappa shape index (κ2) is 4.14. The molecule has 0 aliphatic carbocycles. The van der Waals surface area contributed by atoms with Crippen LogP contribution in [-0.2, 0) is 0 Å². The predicted molar refractivity (Wildman–Crippen MR) is 55.7 cm³/mol. The lowest BCUT2D eigenvalue weighted by Gasteiger charge is -2.07. The second-order valence-corrected chi connectivity index (χ2v) is 2.88. The van der Waals surface area contributed by atoms with Gasteiger partial charge >= 0.3 is 0 Å². The van der Waals surface area contributed by atoms with E-state index in [1.807, 2.05) is 13.1 Å². The van der Waals surface area contributed by atoms with E-state index in [1.165, 1.54) is 0 Å². The first kappa shape index (κ1) is 9.86. The topological polar surface area (TPSA) is 41.1 Å². The second-order valence-electron chi connectivity index (χ2n) is 2.53. The highest BCUT2D eigenvalue weighted by Crippen LogP contribution is 2.21. The van der Waals surface area contributed by atoms with Crippen molar-refractivity contribution in [3.63, 3.8) is 0 Å². The van der Waals surface area contributed by atoms with Crippen molar-refractivity contribution in [2.75, 3.05) is 24.7 Å². The Morgan fingerprint density at radius 3 is 2.46 bits per heavy atom. The van der Waals surface area contributed by atoms with Crippen LogP contribution in [0.15, 0.2) is 18.2 Å². The van der Waals surface area contributed by atoms with Gasteiger partial charge in [0.05, 0.1) is 5.56 Å². The number of carbonyl (C=O) groups excluding carboxylic acids is 1. The van der Waals surface area contributed by atoms with Gasteiger partial charge < -0.3 is 10.6 Å². The third kappa shape index (κ3) is 2.12. The monoisotopic (exact) mass is 198 g/mol. The van der Waals surface area contributed by atoms with Gasteiger partial charge in [-0.1, -0.05) is 0 Å². The number of carbonyl (C=O) groups is 1. The first-order valence-electron chi connectivity index (χ1n) is 3.88. The predicted octanol–water partition coefficient (Wildman–Crippen LogP) is 2.15. The summed E-state index contributed by atoms with van der Waals surface area (Å²) in [5.74, 6) is 0. The molecule has 0 saturated carbocycles. The first-order chi connectivity index (χ1) is 6.19.